The first-order chi connectivity index (χ1) is 11.6. The second-order valence-electron chi connectivity index (χ2n) is 5.06. The maximum atomic E-state index is 12.0. The molecular formula is C16H22N4O2S2. The van der Waals surface area contributed by atoms with E-state index in [-0.39, 0.29) is 12.3 Å². The SMILES string of the molecule is CN=C(NCCS(=O)(=O)NCc1ccccc1)NCc1cccs1. The molecule has 0 atom stereocenters. The molecule has 0 saturated heterocycles. The molecule has 24 heavy (non-hydrogen) atoms. The quantitative estimate of drug-likeness (QED) is 0.489. The predicted octanol–water partition coefficient (Wildman–Crippen LogP) is 1.53. The molecule has 130 valence electrons. The molecule has 0 aliphatic carbocycles. The molecule has 0 bridgehead atoms. The predicted molar refractivity (Wildman–Crippen MR) is 99.6 cm³/mol. The summed E-state index contributed by atoms with van der Waals surface area (Å²) in [5.41, 5.74) is 0.933. The van der Waals surface area contributed by atoms with Crippen LogP contribution in [0.25, 0.3) is 0 Å². The van der Waals surface area contributed by atoms with Gasteiger partial charge in [0.05, 0.1) is 12.3 Å². The summed E-state index contributed by atoms with van der Waals surface area (Å²) in [6.45, 7) is 1.25. The van der Waals surface area contributed by atoms with E-state index in [0.29, 0.717) is 19.0 Å². The summed E-state index contributed by atoms with van der Waals surface area (Å²) in [5.74, 6) is 0.571. The van der Waals surface area contributed by atoms with Gasteiger partial charge in [0.1, 0.15) is 0 Å². The van der Waals surface area contributed by atoms with Gasteiger partial charge in [0.2, 0.25) is 10.0 Å². The van der Waals surface area contributed by atoms with Crippen LogP contribution in [-0.4, -0.2) is 33.7 Å². The van der Waals surface area contributed by atoms with Crippen molar-refractivity contribution in [2.45, 2.75) is 13.1 Å². The molecule has 0 spiro atoms. The molecule has 8 heteroatoms. The van der Waals surface area contributed by atoms with Crippen LogP contribution in [-0.2, 0) is 23.1 Å². The van der Waals surface area contributed by atoms with Gasteiger partial charge < -0.3 is 10.6 Å². The van der Waals surface area contributed by atoms with Crippen molar-refractivity contribution < 1.29 is 8.42 Å². The van der Waals surface area contributed by atoms with Crippen LogP contribution in [0.5, 0.6) is 0 Å². The van der Waals surface area contributed by atoms with E-state index in [9.17, 15) is 8.42 Å². The van der Waals surface area contributed by atoms with E-state index in [1.54, 1.807) is 18.4 Å². The lowest BCUT2D eigenvalue weighted by Gasteiger charge is -2.12. The Labute approximate surface area is 147 Å². The zero-order valence-corrected chi connectivity index (χ0v) is 15.2. The van der Waals surface area contributed by atoms with Crippen LogP contribution in [0.3, 0.4) is 0 Å². The van der Waals surface area contributed by atoms with Crippen LogP contribution in [0.4, 0.5) is 0 Å². The Morgan fingerprint density at radius 1 is 1.08 bits per heavy atom. The van der Waals surface area contributed by atoms with E-state index in [1.165, 1.54) is 4.88 Å². The van der Waals surface area contributed by atoms with Crippen LogP contribution in [0.1, 0.15) is 10.4 Å². The molecule has 2 rings (SSSR count). The maximum Gasteiger partial charge on any atom is 0.213 e. The van der Waals surface area contributed by atoms with Gasteiger partial charge in [0.15, 0.2) is 5.96 Å². The second-order valence-corrected chi connectivity index (χ2v) is 8.02. The standard InChI is InChI=1S/C16H22N4O2S2/c1-17-16(19-13-15-8-5-10-23-15)18-9-11-24(21,22)20-12-14-6-3-2-4-7-14/h2-8,10,20H,9,11-13H2,1H3,(H2,17,18,19). The number of sulfonamides is 1. The number of nitrogens with one attached hydrogen (secondary N) is 3. The molecule has 1 heterocycles. The normalized spacial score (nSPS) is 12.1. The maximum absolute atomic E-state index is 12.0. The summed E-state index contributed by atoms with van der Waals surface area (Å²) < 4.78 is 26.6. The van der Waals surface area contributed by atoms with E-state index >= 15 is 0 Å². The highest BCUT2D eigenvalue weighted by Crippen LogP contribution is 2.07. The Balaban J connectivity index is 1.70. The molecule has 0 unspecified atom stereocenters. The highest BCUT2D eigenvalue weighted by Gasteiger charge is 2.10. The fourth-order valence-corrected chi connectivity index (χ4v) is 3.52. The molecule has 0 aliphatic heterocycles. The number of hydrogen-bond donors (Lipinski definition) is 3. The average molecular weight is 367 g/mol. The molecule has 1 aromatic carbocycles. The number of aliphatic imine (C=N–C) groups is 1. The first-order valence-electron chi connectivity index (χ1n) is 7.57. The number of hydrogen-bond acceptors (Lipinski definition) is 4. The first kappa shape index (κ1) is 18.4. The van der Waals surface area contributed by atoms with Gasteiger partial charge in [-0.15, -0.1) is 11.3 Å². The first-order valence-corrected chi connectivity index (χ1v) is 10.1. The van der Waals surface area contributed by atoms with Gasteiger partial charge in [0.25, 0.3) is 0 Å². The molecule has 0 aliphatic rings. The summed E-state index contributed by atoms with van der Waals surface area (Å²) >= 11 is 1.66. The lowest BCUT2D eigenvalue weighted by atomic mass is 10.2. The fourth-order valence-electron chi connectivity index (χ4n) is 1.97. The van der Waals surface area contributed by atoms with Gasteiger partial charge in [-0.2, -0.15) is 0 Å². The van der Waals surface area contributed by atoms with E-state index in [2.05, 4.69) is 20.3 Å². The summed E-state index contributed by atoms with van der Waals surface area (Å²) in [6, 6.07) is 13.5. The molecular weight excluding hydrogens is 344 g/mol. The van der Waals surface area contributed by atoms with Crippen molar-refractivity contribution in [2.24, 2.45) is 4.99 Å². The van der Waals surface area contributed by atoms with Gasteiger partial charge in [-0.05, 0) is 17.0 Å². The smallest absolute Gasteiger partial charge is 0.213 e. The zero-order chi connectivity index (χ0) is 17.3. The molecule has 3 N–H and O–H groups in total. The Morgan fingerprint density at radius 2 is 1.88 bits per heavy atom. The van der Waals surface area contributed by atoms with Crippen molar-refractivity contribution in [3.05, 3.63) is 58.3 Å². The summed E-state index contributed by atoms with van der Waals surface area (Å²) in [4.78, 5) is 5.27. The molecule has 2 aromatic rings. The third-order valence-corrected chi connectivity index (χ3v) is 5.44. The molecule has 0 amide bonds. The van der Waals surface area contributed by atoms with Gasteiger partial charge in [-0.3, -0.25) is 4.99 Å². The molecule has 1 aromatic heterocycles. The Bertz CT molecular complexity index is 729. The highest BCUT2D eigenvalue weighted by molar-refractivity contribution is 7.89. The second kappa shape index (κ2) is 9.41. The lowest BCUT2D eigenvalue weighted by Crippen LogP contribution is -2.40. The molecule has 6 nitrogen and oxygen atoms in total. The minimum atomic E-state index is -3.34. The van der Waals surface area contributed by atoms with E-state index in [4.69, 9.17) is 0 Å². The van der Waals surface area contributed by atoms with Gasteiger partial charge >= 0.3 is 0 Å². The fraction of sp³-hybridized carbons (Fsp3) is 0.312. The van der Waals surface area contributed by atoms with Gasteiger partial charge in [0, 0.05) is 25.0 Å². The molecule has 0 radical (unpaired) electrons. The number of thiophene rings is 1. The number of nitrogens with zero attached hydrogens (tertiary/aromatic N) is 1. The van der Waals surface area contributed by atoms with Crippen molar-refractivity contribution in [1.82, 2.24) is 15.4 Å². The minimum absolute atomic E-state index is 0.0143. The average Bonchev–Trinajstić information content (AvgIpc) is 3.10. The highest BCUT2D eigenvalue weighted by atomic mass is 32.2. The minimum Gasteiger partial charge on any atom is -0.355 e. The summed E-state index contributed by atoms with van der Waals surface area (Å²) in [6.07, 6.45) is 0. The van der Waals surface area contributed by atoms with E-state index in [1.807, 2.05) is 47.8 Å². The molecule has 0 saturated carbocycles. The third kappa shape index (κ3) is 6.69. The van der Waals surface area contributed by atoms with E-state index < -0.39 is 10.0 Å². The monoisotopic (exact) mass is 366 g/mol. The Morgan fingerprint density at radius 3 is 2.54 bits per heavy atom. The van der Waals surface area contributed by atoms with Crippen molar-refractivity contribution in [1.29, 1.82) is 0 Å². The van der Waals surface area contributed by atoms with Crippen LogP contribution < -0.4 is 15.4 Å². The van der Waals surface area contributed by atoms with Gasteiger partial charge in [-0.25, -0.2) is 13.1 Å². The van der Waals surface area contributed by atoms with Crippen LogP contribution in [0.2, 0.25) is 0 Å². The Kier molecular flexibility index (Phi) is 7.23. The number of benzene rings is 1. The van der Waals surface area contributed by atoms with Crippen LogP contribution in [0, 0.1) is 0 Å². The third-order valence-electron chi connectivity index (χ3n) is 3.24. The molecule has 0 fully saturated rings. The largest absolute Gasteiger partial charge is 0.355 e. The van der Waals surface area contributed by atoms with Crippen molar-refractivity contribution in [2.75, 3.05) is 19.3 Å². The Hall–Kier alpha value is -1.90. The van der Waals surface area contributed by atoms with E-state index in [0.717, 1.165) is 5.56 Å². The number of guanidine groups is 1. The van der Waals surface area contributed by atoms with Crippen molar-refractivity contribution in [3.63, 3.8) is 0 Å². The van der Waals surface area contributed by atoms with Crippen molar-refractivity contribution >= 4 is 27.3 Å². The lowest BCUT2D eigenvalue weighted by molar-refractivity contribution is 0.580. The van der Waals surface area contributed by atoms with Crippen LogP contribution in [0.15, 0.2) is 52.8 Å². The van der Waals surface area contributed by atoms with Crippen molar-refractivity contribution in [3.8, 4) is 0 Å². The number of rotatable bonds is 8. The zero-order valence-electron chi connectivity index (χ0n) is 13.5. The topological polar surface area (TPSA) is 82.6 Å². The summed E-state index contributed by atoms with van der Waals surface area (Å²) in [7, 11) is -1.68. The van der Waals surface area contributed by atoms with Crippen LogP contribution >= 0.6 is 11.3 Å². The van der Waals surface area contributed by atoms with Gasteiger partial charge in [-0.1, -0.05) is 36.4 Å². The summed E-state index contributed by atoms with van der Waals surface area (Å²) in [5, 5.41) is 8.17.